The lowest BCUT2D eigenvalue weighted by atomic mass is 9.87. The number of benzene rings is 2. The van der Waals surface area contributed by atoms with Gasteiger partial charge in [0.2, 0.25) is 11.8 Å². The zero-order valence-electron chi connectivity index (χ0n) is 25.8. The number of H-pyrrole nitrogens is 1. The highest BCUT2D eigenvalue weighted by molar-refractivity contribution is 6.30. The number of halogens is 4. The van der Waals surface area contributed by atoms with Gasteiger partial charge in [0.05, 0.1) is 16.5 Å². The fourth-order valence-electron chi connectivity index (χ4n) is 5.48. The molecule has 4 heterocycles. The van der Waals surface area contributed by atoms with E-state index in [1.165, 1.54) is 0 Å². The fraction of sp³-hybridized carbons (Fsp3) is 0.375. The number of rotatable bonds is 7. The molecule has 2 aliphatic rings. The minimum Gasteiger partial charge on any atom is -0.356 e. The molecule has 0 saturated carbocycles. The second-order valence-corrected chi connectivity index (χ2v) is 12.5. The number of carbonyl (C=O) groups is 2. The molecule has 11 nitrogen and oxygen atoms in total. The van der Waals surface area contributed by atoms with Crippen LogP contribution in [-0.4, -0.2) is 64.0 Å². The predicted octanol–water partition coefficient (Wildman–Crippen LogP) is 4.11. The third kappa shape index (κ3) is 9.93. The summed E-state index contributed by atoms with van der Waals surface area (Å²) in [6, 6.07) is 16.8. The lowest BCUT2D eigenvalue weighted by Crippen LogP contribution is -2.59. The lowest BCUT2D eigenvalue weighted by Gasteiger charge is -2.38. The van der Waals surface area contributed by atoms with E-state index in [1.54, 1.807) is 6.33 Å². The highest BCUT2D eigenvalue weighted by atomic mass is 35.5. The SMILES string of the molecule is Cl.Cl.NC1(C(=O)NCc2ccc(Cl)cc2)CCN(c2ncnc3[nH]ccc23)CC1.NC1(C(=O)NCc2ccc(Cl)cc2)CCNCC1. The Balaban J connectivity index is 0.000000264. The van der Waals surface area contributed by atoms with Crippen LogP contribution in [0, 0.1) is 0 Å². The molecule has 15 heteroatoms. The third-order valence-corrected chi connectivity index (χ3v) is 8.92. The molecular weight excluding hydrogens is 684 g/mol. The number of nitrogens with two attached hydrogens (primary N) is 2. The molecule has 0 spiro atoms. The van der Waals surface area contributed by atoms with Crippen molar-refractivity contribution >= 4 is 76.7 Å². The molecule has 2 amide bonds. The number of hydrogen-bond acceptors (Lipinski definition) is 8. The van der Waals surface area contributed by atoms with E-state index < -0.39 is 11.1 Å². The average molecular weight is 726 g/mol. The van der Waals surface area contributed by atoms with E-state index >= 15 is 0 Å². The van der Waals surface area contributed by atoms with Gasteiger partial charge in [-0.3, -0.25) is 9.59 Å². The third-order valence-electron chi connectivity index (χ3n) is 8.42. The summed E-state index contributed by atoms with van der Waals surface area (Å²) < 4.78 is 0. The summed E-state index contributed by atoms with van der Waals surface area (Å²) in [5, 5.41) is 11.4. The van der Waals surface area contributed by atoms with Crippen LogP contribution in [0.4, 0.5) is 5.82 Å². The standard InChI is InChI=1S/C19H21ClN6O.C13H18ClN3O.2ClH/c20-14-3-1-13(2-4-14)11-23-18(27)19(21)6-9-26(10-7-19)17-15-5-8-22-16(15)24-12-25-17;14-11-3-1-10(2-4-11)9-17-12(18)13(15)5-7-16-8-6-13;;/h1-5,8,12H,6-7,9-11,21H2,(H,23,27)(H,22,24,25);1-4,16H,5-9,15H2,(H,17,18);2*1H. The van der Waals surface area contributed by atoms with E-state index in [9.17, 15) is 9.59 Å². The van der Waals surface area contributed by atoms with E-state index in [0.717, 1.165) is 41.1 Å². The summed E-state index contributed by atoms with van der Waals surface area (Å²) in [5.41, 5.74) is 13.8. The van der Waals surface area contributed by atoms with Crippen LogP contribution in [0.15, 0.2) is 67.1 Å². The summed E-state index contributed by atoms with van der Waals surface area (Å²) in [4.78, 5) is 38.6. The number of piperidine rings is 2. The summed E-state index contributed by atoms with van der Waals surface area (Å²) in [6.45, 7) is 3.86. The van der Waals surface area contributed by atoms with Crippen molar-refractivity contribution in [2.24, 2.45) is 11.5 Å². The molecule has 0 radical (unpaired) electrons. The number of aromatic nitrogens is 3. The number of nitrogens with one attached hydrogen (secondary N) is 4. The van der Waals surface area contributed by atoms with E-state index in [-0.39, 0.29) is 36.6 Å². The predicted molar refractivity (Wildman–Crippen MR) is 192 cm³/mol. The largest absolute Gasteiger partial charge is 0.356 e. The van der Waals surface area contributed by atoms with Gasteiger partial charge in [0.1, 0.15) is 17.8 Å². The topological polar surface area (TPSA) is 167 Å². The Labute approximate surface area is 296 Å². The van der Waals surface area contributed by atoms with Gasteiger partial charge in [-0.15, -0.1) is 24.8 Å². The highest BCUT2D eigenvalue weighted by Crippen LogP contribution is 2.28. The first-order chi connectivity index (χ1) is 21.6. The van der Waals surface area contributed by atoms with Crippen LogP contribution < -0.4 is 32.3 Å². The van der Waals surface area contributed by atoms with Crippen LogP contribution in [-0.2, 0) is 22.7 Å². The van der Waals surface area contributed by atoms with Crippen molar-refractivity contribution < 1.29 is 9.59 Å². The summed E-state index contributed by atoms with van der Waals surface area (Å²) in [6.07, 6.45) is 5.89. The fourth-order valence-corrected chi connectivity index (χ4v) is 5.73. The van der Waals surface area contributed by atoms with Gasteiger partial charge in [-0.1, -0.05) is 47.5 Å². The number of carbonyl (C=O) groups excluding carboxylic acids is 2. The smallest absolute Gasteiger partial charge is 0.240 e. The van der Waals surface area contributed by atoms with Crippen molar-refractivity contribution in [2.45, 2.75) is 49.9 Å². The number of anilines is 1. The molecule has 6 rings (SSSR count). The van der Waals surface area contributed by atoms with Crippen molar-refractivity contribution in [1.82, 2.24) is 30.9 Å². The summed E-state index contributed by atoms with van der Waals surface area (Å²) >= 11 is 11.7. The van der Waals surface area contributed by atoms with E-state index in [1.807, 2.05) is 60.8 Å². The molecular formula is C32H41Cl4N9O2. The van der Waals surface area contributed by atoms with Gasteiger partial charge in [0, 0.05) is 42.4 Å². The van der Waals surface area contributed by atoms with Crippen LogP contribution in [0.1, 0.15) is 36.8 Å². The molecule has 47 heavy (non-hydrogen) atoms. The molecule has 2 aromatic heterocycles. The molecule has 0 aliphatic carbocycles. The number of nitrogens with zero attached hydrogens (tertiary/aromatic N) is 3. The van der Waals surface area contributed by atoms with Crippen molar-refractivity contribution in [1.29, 1.82) is 0 Å². The molecule has 8 N–H and O–H groups in total. The van der Waals surface area contributed by atoms with Gasteiger partial charge >= 0.3 is 0 Å². The molecule has 4 aromatic rings. The first kappa shape index (κ1) is 38.3. The van der Waals surface area contributed by atoms with Gasteiger partial charge in [0.15, 0.2) is 0 Å². The maximum Gasteiger partial charge on any atom is 0.240 e. The van der Waals surface area contributed by atoms with E-state index in [0.29, 0.717) is 61.9 Å². The Hall–Kier alpha value is -3.16. The van der Waals surface area contributed by atoms with Gasteiger partial charge in [0.25, 0.3) is 0 Å². The molecule has 2 aliphatic heterocycles. The van der Waals surface area contributed by atoms with E-state index in [2.05, 4.69) is 35.8 Å². The molecule has 254 valence electrons. The van der Waals surface area contributed by atoms with Crippen LogP contribution >= 0.6 is 48.0 Å². The van der Waals surface area contributed by atoms with Crippen LogP contribution in [0.5, 0.6) is 0 Å². The average Bonchev–Trinajstić information content (AvgIpc) is 3.54. The minimum absolute atomic E-state index is 0. The Morgan fingerprint density at radius 2 is 1.26 bits per heavy atom. The maximum absolute atomic E-state index is 12.7. The molecule has 0 unspecified atom stereocenters. The minimum atomic E-state index is -0.868. The quantitative estimate of drug-likeness (QED) is 0.166. The maximum atomic E-state index is 12.7. The summed E-state index contributed by atoms with van der Waals surface area (Å²) in [5.74, 6) is 0.690. The normalized spacial score (nSPS) is 16.5. The number of aromatic amines is 1. The molecule has 2 fully saturated rings. The van der Waals surface area contributed by atoms with Gasteiger partial charge in [-0.25, -0.2) is 9.97 Å². The lowest BCUT2D eigenvalue weighted by molar-refractivity contribution is -0.128. The zero-order valence-corrected chi connectivity index (χ0v) is 29.0. The van der Waals surface area contributed by atoms with Gasteiger partial charge in [-0.2, -0.15) is 0 Å². The van der Waals surface area contributed by atoms with Crippen molar-refractivity contribution in [3.8, 4) is 0 Å². The van der Waals surface area contributed by atoms with Gasteiger partial charge in [-0.05, 0) is 80.2 Å². The van der Waals surface area contributed by atoms with Gasteiger partial charge < -0.3 is 37.3 Å². The Bertz CT molecular complexity index is 1590. The Morgan fingerprint density at radius 1 is 0.766 bits per heavy atom. The number of amides is 2. The zero-order chi connectivity index (χ0) is 31.9. The van der Waals surface area contributed by atoms with Crippen LogP contribution in [0.3, 0.4) is 0 Å². The van der Waals surface area contributed by atoms with Crippen LogP contribution in [0.2, 0.25) is 10.0 Å². The van der Waals surface area contributed by atoms with Crippen LogP contribution in [0.25, 0.3) is 11.0 Å². The number of fused-ring (bicyclic) bond motifs is 1. The Morgan fingerprint density at radius 3 is 1.77 bits per heavy atom. The monoisotopic (exact) mass is 723 g/mol. The first-order valence-corrected chi connectivity index (χ1v) is 15.8. The molecule has 0 bridgehead atoms. The summed E-state index contributed by atoms with van der Waals surface area (Å²) in [7, 11) is 0. The Kier molecular flexibility index (Phi) is 14.1. The number of hydrogen-bond donors (Lipinski definition) is 6. The molecule has 2 saturated heterocycles. The second kappa shape index (κ2) is 17.3. The highest BCUT2D eigenvalue weighted by Gasteiger charge is 2.38. The first-order valence-electron chi connectivity index (χ1n) is 15.0. The second-order valence-electron chi connectivity index (χ2n) is 11.6. The van der Waals surface area contributed by atoms with Crippen molar-refractivity contribution in [3.63, 3.8) is 0 Å². The molecule has 2 aromatic carbocycles. The molecule has 0 atom stereocenters. The van der Waals surface area contributed by atoms with E-state index in [4.69, 9.17) is 34.7 Å². The van der Waals surface area contributed by atoms with Crippen molar-refractivity contribution in [2.75, 3.05) is 31.1 Å². The van der Waals surface area contributed by atoms with Crippen molar-refractivity contribution in [3.05, 3.63) is 88.3 Å².